The van der Waals surface area contributed by atoms with Gasteiger partial charge in [0.2, 0.25) is 0 Å². The molecule has 1 heterocycles. The molecule has 5 heteroatoms. The number of benzene rings is 1. The van der Waals surface area contributed by atoms with Crippen LogP contribution in [0.3, 0.4) is 0 Å². The smallest absolute Gasteiger partial charge is 0.141 e. The molecule has 0 amide bonds. The Morgan fingerprint density at radius 3 is 2.85 bits per heavy atom. The molecule has 3 rings (SSSR count). The molecule has 2 unspecified atom stereocenters. The maximum Gasteiger partial charge on any atom is 0.141 e. The van der Waals surface area contributed by atoms with Crippen LogP contribution in [0.15, 0.2) is 18.2 Å². The van der Waals surface area contributed by atoms with Crippen molar-refractivity contribution < 1.29 is 9.13 Å². The highest BCUT2D eigenvalue weighted by Gasteiger charge is 2.44. The summed E-state index contributed by atoms with van der Waals surface area (Å²) in [5, 5.41) is 0.146. The predicted octanol–water partition coefficient (Wildman–Crippen LogP) is 3.33. The fourth-order valence-electron chi connectivity index (χ4n) is 3.48. The average Bonchev–Trinajstić information content (AvgIpc) is 2.42. The average molecular weight is 299 g/mol. The van der Waals surface area contributed by atoms with Gasteiger partial charge in [-0.3, -0.25) is 11.3 Å². The van der Waals surface area contributed by atoms with Gasteiger partial charge >= 0.3 is 0 Å². The molecule has 2 atom stereocenters. The summed E-state index contributed by atoms with van der Waals surface area (Å²) < 4.78 is 19.2. The first-order valence-electron chi connectivity index (χ1n) is 7.19. The van der Waals surface area contributed by atoms with E-state index in [0.29, 0.717) is 5.92 Å². The molecule has 20 heavy (non-hydrogen) atoms. The van der Waals surface area contributed by atoms with Crippen LogP contribution < -0.4 is 11.3 Å². The lowest BCUT2D eigenvalue weighted by molar-refractivity contribution is -0.147. The lowest BCUT2D eigenvalue weighted by atomic mass is 9.70. The van der Waals surface area contributed by atoms with Crippen LogP contribution in [-0.2, 0) is 4.74 Å². The second-order valence-corrected chi connectivity index (χ2v) is 6.36. The van der Waals surface area contributed by atoms with Gasteiger partial charge in [0.1, 0.15) is 5.82 Å². The molecule has 110 valence electrons. The van der Waals surface area contributed by atoms with Gasteiger partial charge in [0.05, 0.1) is 10.6 Å². The Bertz CT molecular complexity index is 493. The van der Waals surface area contributed by atoms with Crippen molar-refractivity contribution in [3.8, 4) is 0 Å². The van der Waals surface area contributed by atoms with Gasteiger partial charge in [0.25, 0.3) is 0 Å². The van der Waals surface area contributed by atoms with Crippen LogP contribution in [0.25, 0.3) is 0 Å². The van der Waals surface area contributed by atoms with Crippen molar-refractivity contribution in [2.45, 2.75) is 43.7 Å². The van der Waals surface area contributed by atoms with Crippen molar-refractivity contribution >= 4 is 11.6 Å². The number of nitrogens with two attached hydrogens (primary N) is 1. The fraction of sp³-hybridized carbons (Fsp3) is 0.600. The van der Waals surface area contributed by atoms with Crippen molar-refractivity contribution in [1.82, 2.24) is 5.43 Å². The van der Waals surface area contributed by atoms with E-state index >= 15 is 0 Å². The summed E-state index contributed by atoms with van der Waals surface area (Å²) in [6, 6.07) is 4.83. The highest BCUT2D eigenvalue weighted by Crippen LogP contribution is 2.47. The van der Waals surface area contributed by atoms with Crippen LogP contribution in [0, 0.1) is 11.7 Å². The molecule has 0 radical (unpaired) electrons. The second kappa shape index (κ2) is 5.60. The first-order valence-corrected chi connectivity index (χ1v) is 7.56. The maximum absolute atomic E-state index is 13.3. The van der Waals surface area contributed by atoms with Gasteiger partial charge in [-0.15, -0.1) is 0 Å². The monoisotopic (exact) mass is 298 g/mol. The minimum Gasteiger partial charge on any atom is -0.375 e. The number of hydrogen-bond donors (Lipinski definition) is 2. The van der Waals surface area contributed by atoms with Crippen LogP contribution in [-0.4, -0.2) is 12.2 Å². The normalized spacial score (nSPS) is 26.2. The molecule has 1 spiro atoms. The molecule has 3 nitrogen and oxygen atoms in total. The summed E-state index contributed by atoms with van der Waals surface area (Å²) in [6.45, 7) is 0.776. The van der Waals surface area contributed by atoms with Crippen molar-refractivity contribution in [3.05, 3.63) is 34.6 Å². The zero-order valence-electron chi connectivity index (χ0n) is 11.4. The topological polar surface area (TPSA) is 47.3 Å². The van der Waals surface area contributed by atoms with Crippen molar-refractivity contribution in [2.75, 3.05) is 6.61 Å². The summed E-state index contributed by atoms with van der Waals surface area (Å²) in [6.07, 6.45) is 5.51. The van der Waals surface area contributed by atoms with E-state index in [1.54, 1.807) is 12.1 Å². The summed E-state index contributed by atoms with van der Waals surface area (Å²) in [5.41, 5.74) is 3.90. The third-order valence-electron chi connectivity index (χ3n) is 4.75. The summed E-state index contributed by atoms with van der Waals surface area (Å²) in [5.74, 6) is 5.75. The van der Waals surface area contributed by atoms with E-state index < -0.39 is 5.82 Å². The van der Waals surface area contributed by atoms with Crippen LogP contribution in [0.4, 0.5) is 4.39 Å². The lowest BCUT2D eigenvalue weighted by Gasteiger charge is -2.48. The predicted molar refractivity (Wildman–Crippen MR) is 76.7 cm³/mol. The summed E-state index contributed by atoms with van der Waals surface area (Å²) >= 11 is 5.88. The third-order valence-corrected chi connectivity index (χ3v) is 5.04. The number of rotatable bonds is 3. The van der Waals surface area contributed by atoms with Gasteiger partial charge in [-0.2, -0.15) is 0 Å². The van der Waals surface area contributed by atoms with E-state index in [1.165, 1.54) is 12.5 Å². The number of halogens is 2. The summed E-state index contributed by atoms with van der Waals surface area (Å²) in [7, 11) is 0. The Labute approximate surface area is 123 Å². The maximum atomic E-state index is 13.3. The molecule has 1 aliphatic carbocycles. The first-order chi connectivity index (χ1) is 9.63. The lowest BCUT2D eigenvalue weighted by Crippen LogP contribution is -2.48. The molecule has 3 N–H and O–H groups in total. The standard InChI is InChI=1S/C15H20ClFN2O/c16-12-8-10(2-3-13(12)17)14(19-18)11-4-7-20-15(9-11)5-1-6-15/h2-3,8,11,14,19H,1,4-7,9,18H2. The Hall–Kier alpha value is -0.680. The Morgan fingerprint density at radius 2 is 2.25 bits per heavy atom. The number of nitrogens with one attached hydrogen (secondary N) is 1. The van der Waals surface area contributed by atoms with Crippen molar-refractivity contribution in [1.29, 1.82) is 0 Å². The Morgan fingerprint density at radius 1 is 1.45 bits per heavy atom. The molecule has 1 aromatic carbocycles. The summed E-state index contributed by atoms with van der Waals surface area (Å²) in [4.78, 5) is 0. The molecular formula is C15H20ClFN2O. The molecule has 0 aromatic heterocycles. The van der Waals surface area contributed by atoms with Crippen molar-refractivity contribution in [2.24, 2.45) is 11.8 Å². The van der Waals surface area contributed by atoms with Crippen LogP contribution in [0.1, 0.15) is 43.7 Å². The molecule has 1 aliphatic heterocycles. The van der Waals surface area contributed by atoms with E-state index in [9.17, 15) is 4.39 Å². The minimum absolute atomic E-state index is 0.00512. The van der Waals surface area contributed by atoms with E-state index in [1.807, 2.05) is 0 Å². The molecule has 1 saturated carbocycles. The van der Waals surface area contributed by atoms with Gasteiger partial charge < -0.3 is 4.74 Å². The van der Waals surface area contributed by atoms with Crippen molar-refractivity contribution in [3.63, 3.8) is 0 Å². The van der Waals surface area contributed by atoms with E-state index in [-0.39, 0.29) is 16.7 Å². The second-order valence-electron chi connectivity index (χ2n) is 5.96. The highest BCUT2D eigenvalue weighted by atomic mass is 35.5. The minimum atomic E-state index is -0.395. The van der Waals surface area contributed by atoms with Gasteiger partial charge in [-0.1, -0.05) is 17.7 Å². The van der Waals surface area contributed by atoms with Crippen LogP contribution in [0.5, 0.6) is 0 Å². The van der Waals surface area contributed by atoms with E-state index in [2.05, 4.69) is 5.43 Å². The van der Waals surface area contributed by atoms with Crippen LogP contribution in [0.2, 0.25) is 5.02 Å². The molecule has 2 fully saturated rings. The van der Waals surface area contributed by atoms with Crippen LogP contribution >= 0.6 is 11.6 Å². The zero-order valence-corrected chi connectivity index (χ0v) is 12.1. The molecule has 0 bridgehead atoms. The van der Waals surface area contributed by atoms with Gasteiger partial charge in [-0.25, -0.2) is 4.39 Å². The quantitative estimate of drug-likeness (QED) is 0.665. The SMILES string of the molecule is NNC(c1ccc(F)c(Cl)c1)C1CCOC2(CCC2)C1. The Balaban J connectivity index is 1.79. The molecule has 1 saturated heterocycles. The number of hydrogen-bond acceptors (Lipinski definition) is 3. The zero-order chi connectivity index (χ0) is 14.2. The Kier molecular flexibility index (Phi) is 4.00. The number of ether oxygens (including phenoxy) is 1. The number of hydrazine groups is 1. The third kappa shape index (κ3) is 2.58. The van der Waals surface area contributed by atoms with E-state index in [0.717, 1.165) is 37.9 Å². The fourth-order valence-corrected chi connectivity index (χ4v) is 3.67. The molecule has 1 aromatic rings. The van der Waals surface area contributed by atoms with Gasteiger partial charge in [0.15, 0.2) is 0 Å². The molecule has 2 aliphatic rings. The van der Waals surface area contributed by atoms with Gasteiger partial charge in [-0.05, 0) is 55.7 Å². The first kappa shape index (κ1) is 14.3. The molecular weight excluding hydrogens is 279 g/mol. The highest BCUT2D eigenvalue weighted by molar-refractivity contribution is 6.30. The van der Waals surface area contributed by atoms with Gasteiger partial charge in [0, 0.05) is 12.6 Å². The van der Waals surface area contributed by atoms with E-state index in [4.69, 9.17) is 22.2 Å². The largest absolute Gasteiger partial charge is 0.375 e.